The number of hydrogen-bond acceptors (Lipinski definition) is 4. The van der Waals surface area contributed by atoms with Crippen LogP contribution in [0.5, 0.6) is 5.75 Å². The van der Waals surface area contributed by atoms with Crippen molar-refractivity contribution in [2.75, 3.05) is 31.7 Å². The van der Waals surface area contributed by atoms with E-state index in [1.54, 1.807) is 0 Å². The van der Waals surface area contributed by atoms with Gasteiger partial charge in [0.2, 0.25) is 5.91 Å². The van der Waals surface area contributed by atoms with Gasteiger partial charge in [0, 0.05) is 37.4 Å². The van der Waals surface area contributed by atoms with Crippen LogP contribution in [0.25, 0.3) is 0 Å². The van der Waals surface area contributed by atoms with Crippen molar-refractivity contribution >= 4 is 11.6 Å². The Labute approximate surface area is 138 Å². The molecule has 1 aliphatic heterocycles. The van der Waals surface area contributed by atoms with Crippen molar-refractivity contribution in [2.24, 2.45) is 5.92 Å². The number of anilines is 1. The van der Waals surface area contributed by atoms with Gasteiger partial charge < -0.3 is 20.1 Å². The fourth-order valence-corrected chi connectivity index (χ4v) is 2.60. The highest BCUT2D eigenvalue weighted by Crippen LogP contribution is 2.23. The van der Waals surface area contributed by atoms with E-state index in [4.69, 9.17) is 9.47 Å². The predicted octanol–water partition coefficient (Wildman–Crippen LogP) is 2.74. The van der Waals surface area contributed by atoms with Gasteiger partial charge in [-0.25, -0.2) is 0 Å². The number of carbonyl (C=O) groups excluding carboxylic acids is 1. The number of amides is 1. The Balaban J connectivity index is 1.84. The summed E-state index contributed by atoms with van der Waals surface area (Å²) in [6.07, 6.45) is 1.60. The van der Waals surface area contributed by atoms with Crippen LogP contribution in [0.1, 0.15) is 32.3 Å². The molecule has 2 N–H and O–H groups in total. The van der Waals surface area contributed by atoms with Gasteiger partial charge in [-0.2, -0.15) is 0 Å². The third kappa shape index (κ3) is 5.84. The highest BCUT2D eigenvalue weighted by molar-refractivity contribution is 5.92. The molecular weight excluding hydrogens is 292 g/mol. The molecule has 0 unspecified atom stereocenters. The van der Waals surface area contributed by atoms with Crippen molar-refractivity contribution in [3.05, 3.63) is 23.8 Å². The second-order valence-corrected chi connectivity index (χ2v) is 6.31. The number of benzene rings is 1. The van der Waals surface area contributed by atoms with Gasteiger partial charge in [-0.05, 0) is 43.5 Å². The van der Waals surface area contributed by atoms with E-state index in [0.29, 0.717) is 25.9 Å². The van der Waals surface area contributed by atoms with Crippen LogP contribution < -0.4 is 15.4 Å². The molecule has 1 aromatic rings. The number of rotatable bonds is 7. The van der Waals surface area contributed by atoms with E-state index in [2.05, 4.69) is 24.5 Å². The topological polar surface area (TPSA) is 59.6 Å². The normalized spacial score (nSPS) is 15.7. The summed E-state index contributed by atoms with van der Waals surface area (Å²) >= 11 is 0. The van der Waals surface area contributed by atoms with Gasteiger partial charge in [0.05, 0.1) is 0 Å². The van der Waals surface area contributed by atoms with Gasteiger partial charge in [-0.3, -0.25) is 4.79 Å². The zero-order chi connectivity index (χ0) is 16.7. The number of carbonyl (C=O) groups is 1. The highest BCUT2D eigenvalue weighted by Gasteiger charge is 2.21. The molecule has 0 radical (unpaired) electrons. The number of ether oxygens (including phenoxy) is 2. The van der Waals surface area contributed by atoms with Crippen molar-refractivity contribution in [3.8, 4) is 5.75 Å². The van der Waals surface area contributed by atoms with Gasteiger partial charge in [0.1, 0.15) is 12.4 Å². The minimum absolute atomic E-state index is 0.0575. The number of nitrogens with one attached hydrogen (secondary N) is 2. The summed E-state index contributed by atoms with van der Waals surface area (Å²) in [6, 6.07) is 6.24. The maximum absolute atomic E-state index is 12.2. The molecule has 1 aliphatic rings. The molecule has 1 aromatic carbocycles. The summed E-state index contributed by atoms with van der Waals surface area (Å²) in [6.45, 7) is 9.02. The lowest BCUT2D eigenvalue weighted by atomic mass is 9.99. The molecule has 0 atom stereocenters. The fraction of sp³-hybridized carbons (Fsp3) is 0.611. The molecule has 5 nitrogen and oxygen atoms in total. The average Bonchev–Trinajstić information content (AvgIpc) is 2.54. The molecule has 1 heterocycles. The molecule has 23 heavy (non-hydrogen) atoms. The maximum atomic E-state index is 12.2. The Bertz CT molecular complexity index is 511. The van der Waals surface area contributed by atoms with Crippen LogP contribution in [-0.2, 0) is 9.53 Å². The molecular formula is C18H28N2O3. The van der Waals surface area contributed by atoms with Gasteiger partial charge in [0.15, 0.2) is 0 Å². The lowest BCUT2D eigenvalue weighted by Crippen LogP contribution is -2.28. The smallest absolute Gasteiger partial charge is 0.227 e. The van der Waals surface area contributed by atoms with Gasteiger partial charge in [0.25, 0.3) is 0 Å². The van der Waals surface area contributed by atoms with Gasteiger partial charge in [-0.1, -0.05) is 13.8 Å². The number of aryl methyl sites for hydroxylation is 1. The van der Waals surface area contributed by atoms with E-state index >= 15 is 0 Å². The lowest BCUT2D eigenvalue weighted by Gasteiger charge is -2.21. The summed E-state index contributed by atoms with van der Waals surface area (Å²) in [7, 11) is 0. The standard InChI is InChI=1S/C18H28N2O3/c1-13(2)19-8-11-23-17-5-4-16(12-14(17)3)20-18(21)15-6-9-22-10-7-15/h4-5,12-13,15,19H,6-11H2,1-3H3,(H,20,21). The second-order valence-electron chi connectivity index (χ2n) is 6.31. The molecule has 128 valence electrons. The van der Waals surface area contributed by atoms with Gasteiger partial charge in [-0.15, -0.1) is 0 Å². The number of hydrogen-bond donors (Lipinski definition) is 2. The minimum atomic E-state index is 0.0575. The summed E-state index contributed by atoms with van der Waals surface area (Å²) in [4.78, 5) is 12.2. The first kappa shape index (κ1) is 17.8. The van der Waals surface area contributed by atoms with Crippen molar-refractivity contribution in [1.82, 2.24) is 5.32 Å². The molecule has 5 heteroatoms. The first-order valence-corrected chi connectivity index (χ1v) is 8.41. The highest BCUT2D eigenvalue weighted by atomic mass is 16.5. The maximum Gasteiger partial charge on any atom is 0.227 e. The molecule has 2 rings (SSSR count). The van der Waals surface area contributed by atoms with Crippen LogP contribution >= 0.6 is 0 Å². The fourth-order valence-electron chi connectivity index (χ4n) is 2.60. The Morgan fingerprint density at radius 3 is 2.74 bits per heavy atom. The van der Waals surface area contributed by atoms with Crippen LogP contribution in [0.3, 0.4) is 0 Å². The molecule has 1 saturated heterocycles. The van der Waals surface area contributed by atoms with E-state index in [9.17, 15) is 4.79 Å². The molecule has 0 aromatic heterocycles. The van der Waals surface area contributed by atoms with E-state index in [0.717, 1.165) is 36.4 Å². The van der Waals surface area contributed by atoms with Crippen LogP contribution in [0.2, 0.25) is 0 Å². The monoisotopic (exact) mass is 320 g/mol. The van der Waals surface area contributed by atoms with E-state index in [1.807, 2.05) is 25.1 Å². The summed E-state index contributed by atoms with van der Waals surface area (Å²) in [5, 5.41) is 6.32. The average molecular weight is 320 g/mol. The molecule has 1 amide bonds. The second kappa shape index (κ2) is 8.89. The van der Waals surface area contributed by atoms with Gasteiger partial charge >= 0.3 is 0 Å². The summed E-state index contributed by atoms with van der Waals surface area (Å²) < 4.78 is 11.1. The first-order chi connectivity index (χ1) is 11.1. The lowest BCUT2D eigenvalue weighted by molar-refractivity contribution is -0.122. The van der Waals surface area contributed by atoms with E-state index in [1.165, 1.54) is 0 Å². The van der Waals surface area contributed by atoms with Crippen LogP contribution in [0.15, 0.2) is 18.2 Å². The predicted molar refractivity (Wildman–Crippen MR) is 92.0 cm³/mol. The zero-order valence-electron chi connectivity index (χ0n) is 14.4. The molecule has 0 bridgehead atoms. The minimum Gasteiger partial charge on any atom is -0.492 e. The van der Waals surface area contributed by atoms with Crippen molar-refractivity contribution < 1.29 is 14.3 Å². The molecule has 0 saturated carbocycles. The van der Waals surface area contributed by atoms with Crippen LogP contribution in [0.4, 0.5) is 5.69 Å². The zero-order valence-corrected chi connectivity index (χ0v) is 14.4. The third-order valence-corrected chi connectivity index (χ3v) is 3.95. The Morgan fingerprint density at radius 1 is 1.35 bits per heavy atom. The van der Waals surface area contributed by atoms with Crippen molar-refractivity contribution in [3.63, 3.8) is 0 Å². The SMILES string of the molecule is Cc1cc(NC(=O)C2CCOCC2)ccc1OCCNC(C)C. The summed E-state index contributed by atoms with van der Waals surface area (Å²) in [5.41, 5.74) is 1.85. The quantitative estimate of drug-likeness (QED) is 0.759. The molecule has 0 aliphatic carbocycles. The van der Waals surface area contributed by atoms with Crippen molar-refractivity contribution in [2.45, 2.75) is 39.7 Å². The van der Waals surface area contributed by atoms with Crippen LogP contribution in [-0.4, -0.2) is 38.3 Å². The molecule has 1 fully saturated rings. The molecule has 0 spiro atoms. The third-order valence-electron chi connectivity index (χ3n) is 3.95. The first-order valence-electron chi connectivity index (χ1n) is 8.41. The Hall–Kier alpha value is -1.59. The van der Waals surface area contributed by atoms with E-state index in [-0.39, 0.29) is 11.8 Å². The largest absolute Gasteiger partial charge is 0.492 e. The Kier molecular flexibility index (Phi) is 6.86. The van der Waals surface area contributed by atoms with Crippen molar-refractivity contribution in [1.29, 1.82) is 0 Å². The summed E-state index contributed by atoms with van der Waals surface area (Å²) in [5.74, 6) is 1.00. The van der Waals surface area contributed by atoms with E-state index < -0.39 is 0 Å². The Morgan fingerprint density at radius 2 is 2.09 bits per heavy atom. The van der Waals surface area contributed by atoms with Crippen LogP contribution in [0, 0.1) is 12.8 Å².